The first kappa shape index (κ1) is 17.3. The summed E-state index contributed by atoms with van der Waals surface area (Å²) < 4.78 is 1.58. The molecule has 0 aliphatic carbocycles. The fraction of sp³-hybridized carbons (Fsp3) is 0. The Labute approximate surface area is 156 Å². The summed E-state index contributed by atoms with van der Waals surface area (Å²) in [4.78, 5) is 27.9. The molecule has 9 heteroatoms. The van der Waals surface area contributed by atoms with E-state index in [0.717, 1.165) is 11.5 Å². The molecule has 2 aromatic carbocycles. The zero-order valence-corrected chi connectivity index (χ0v) is 14.8. The van der Waals surface area contributed by atoms with Crippen LogP contribution in [0.25, 0.3) is 5.69 Å². The summed E-state index contributed by atoms with van der Waals surface area (Å²) in [5.74, 6) is -1.29. The van der Waals surface area contributed by atoms with E-state index >= 15 is 0 Å². The second-order valence-electron chi connectivity index (χ2n) is 4.88. The monoisotopic (exact) mass is 392 g/mol. The number of nitrogens with two attached hydrogens (primary N) is 1. The maximum atomic E-state index is 12.3. The van der Waals surface area contributed by atoms with Gasteiger partial charge in [0.2, 0.25) is 0 Å². The molecule has 0 saturated heterocycles. The maximum absolute atomic E-state index is 12.3. The summed E-state index contributed by atoms with van der Waals surface area (Å²) in [5, 5.41) is 5.20. The minimum absolute atomic E-state index is 0.0812. The molecule has 0 aliphatic heterocycles. The number of rotatable bonds is 3. The van der Waals surface area contributed by atoms with Crippen LogP contribution in [0.4, 0.5) is 0 Å². The summed E-state index contributed by atoms with van der Waals surface area (Å²) in [6.07, 6.45) is 0. The minimum Gasteiger partial charge on any atom is -0.364 e. The third kappa shape index (κ3) is 3.96. The smallest absolute Gasteiger partial charge is 0.278 e. The van der Waals surface area contributed by atoms with E-state index in [2.05, 4.69) is 10.1 Å². The van der Waals surface area contributed by atoms with Gasteiger partial charge in [-0.3, -0.25) is 9.59 Å². The molecular weight excluding hydrogens is 383 g/mol. The van der Waals surface area contributed by atoms with E-state index in [0.29, 0.717) is 21.3 Å². The molecule has 0 atom stereocenters. The van der Waals surface area contributed by atoms with Crippen LogP contribution in [0.15, 0.2) is 53.5 Å². The summed E-state index contributed by atoms with van der Waals surface area (Å²) in [5.41, 5.74) is 6.27. The lowest BCUT2D eigenvalue weighted by Crippen LogP contribution is -2.20. The largest absolute Gasteiger partial charge is 0.364 e. The van der Waals surface area contributed by atoms with E-state index in [-0.39, 0.29) is 10.4 Å². The molecule has 3 aromatic rings. The number of carbonyl (C=O) groups excluding carboxylic acids is 2. The first-order chi connectivity index (χ1) is 11.9. The van der Waals surface area contributed by atoms with Gasteiger partial charge in [-0.05, 0) is 60.1 Å². The quantitative estimate of drug-likeness (QED) is 0.742. The molecule has 1 aromatic heterocycles. The van der Waals surface area contributed by atoms with Crippen molar-refractivity contribution in [2.24, 2.45) is 10.7 Å². The fourth-order valence-corrected chi connectivity index (χ4v) is 3.05. The number of hydrogen-bond acceptors (Lipinski definition) is 4. The zero-order chi connectivity index (χ0) is 18.0. The van der Waals surface area contributed by atoms with Gasteiger partial charge in [0, 0.05) is 15.6 Å². The van der Waals surface area contributed by atoms with Gasteiger partial charge in [-0.15, -0.1) is 5.10 Å². The van der Waals surface area contributed by atoms with Gasteiger partial charge < -0.3 is 5.73 Å². The van der Waals surface area contributed by atoms with E-state index in [4.69, 9.17) is 28.9 Å². The summed E-state index contributed by atoms with van der Waals surface area (Å²) in [6.45, 7) is 0. The lowest BCUT2D eigenvalue weighted by Gasteiger charge is -1.98. The summed E-state index contributed by atoms with van der Waals surface area (Å²) >= 11 is 12.7. The number of hydrogen-bond donors (Lipinski definition) is 1. The number of halogens is 2. The molecule has 3 rings (SSSR count). The first-order valence-electron chi connectivity index (χ1n) is 6.95. The second-order valence-corrected chi connectivity index (χ2v) is 6.67. The Morgan fingerprint density at radius 3 is 2.12 bits per heavy atom. The van der Waals surface area contributed by atoms with Crippen molar-refractivity contribution < 1.29 is 9.59 Å². The number of nitrogens with zero attached hydrogens (tertiary/aromatic N) is 3. The van der Waals surface area contributed by atoms with Crippen LogP contribution in [0.3, 0.4) is 0 Å². The Kier molecular flexibility index (Phi) is 4.98. The molecule has 2 amide bonds. The number of benzene rings is 2. The van der Waals surface area contributed by atoms with Gasteiger partial charge in [0.15, 0.2) is 10.4 Å². The predicted octanol–water partition coefficient (Wildman–Crippen LogP) is 3.08. The highest BCUT2D eigenvalue weighted by Crippen LogP contribution is 2.14. The van der Waals surface area contributed by atoms with Crippen LogP contribution in [0.5, 0.6) is 0 Å². The third-order valence-electron chi connectivity index (χ3n) is 3.14. The van der Waals surface area contributed by atoms with Crippen molar-refractivity contribution in [1.29, 1.82) is 0 Å². The average molecular weight is 393 g/mol. The zero-order valence-electron chi connectivity index (χ0n) is 12.5. The number of aromatic nitrogens is 2. The molecular formula is C16H10Cl2N4O2S. The normalized spacial score (nSPS) is 11.5. The molecule has 0 aliphatic rings. The SMILES string of the molecule is NC(=O)c1nn(-c2ccc(Cl)cc2)sc1=NC(=O)c1ccc(Cl)cc1. The highest BCUT2D eigenvalue weighted by Gasteiger charge is 2.14. The van der Waals surface area contributed by atoms with E-state index in [9.17, 15) is 9.59 Å². The van der Waals surface area contributed by atoms with E-state index in [1.54, 1.807) is 48.5 Å². The van der Waals surface area contributed by atoms with Gasteiger partial charge >= 0.3 is 0 Å². The highest BCUT2D eigenvalue weighted by molar-refractivity contribution is 7.04. The lowest BCUT2D eigenvalue weighted by atomic mass is 10.2. The van der Waals surface area contributed by atoms with Crippen LogP contribution in [-0.4, -0.2) is 21.0 Å². The topological polar surface area (TPSA) is 90.3 Å². The van der Waals surface area contributed by atoms with Crippen LogP contribution in [0.1, 0.15) is 20.8 Å². The fourth-order valence-electron chi connectivity index (χ4n) is 1.94. The standard InChI is InChI=1S/C16H10Cl2N4O2S/c17-10-3-1-9(2-4-10)15(24)20-16-13(14(19)23)21-22(25-16)12-7-5-11(18)6-8-12/h1-8H,(H2,19,23). The van der Waals surface area contributed by atoms with Crippen LogP contribution in [-0.2, 0) is 0 Å². The molecule has 0 saturated carbocycles. The van der Waals surface area contributed by atoms with Crippen molar-refractivity contribution in [3.05, 3.63) is 74.5 Å². The Hall–Kier alpha value is -2.48. The van der Waals surface area contributed by atoms with Gasteiger partial charge in [0.1, 0.15) is 0 Å². The van der Waals surface area contributed by atoms with Gasteiger partial charge in [0.25, 0.3) is 11.8 Å². The molecule has 25 heavy (non-hydrogen) atoms. The molecule has 126 valence electrons. The summed E-state index contributed by atoms with van der Waals surface area (Å²) in [6, 6.07) is 13.1. The molecule has 0 unspecified atom stereocenters. The van der Waals surface area contributed by atoms with E-state index in [1.165, 1.54) is 4.07 Å². The molecule has 0 bridgehead atoms. The lowest BCUT2D eigenvalue weighted by molar-refractivity contribution is 0.0994. The molecule has 0 spiro atoms. The molecule has 2 N–H and O–H groups in total. The molecule has 1 heterocycles. The minimum atomic E-state index is -0.772. The van der Waals surface area contributed by atoms with Crippen molar-refractivity contribution in [1.82, 2.24) is 9.17 Å². The number of carbonyl (C=O) groups is 2. The molecule has 6 nitrogen and oxygen atoms in total. The Morgan fingerprint density at radius 2 is 1.56 bits per heavy atom. The van der Waals surface area contributed by atoms with Gasteiger partial charge in [-0.1, -0.05) is 23.2 Å². The van der Waals surface area contributed by atoms with Gasteiger partial charge in [-0.2, -0.15) is 9.06 Å². The van der Waals surface area contributed by atoms with Crippen molar-refractivity contribution >= 4 is 46.5 Å². The van der Waals surface area contributed by atoms with Crippen LogP contribution >= 0.6 is 34.7 Å². The van der Waals surface area contributed by atoms with Gasteiger partial charge in [0.05, 0.1) is 5.69 Å². The number of amides is 2. The Balaban J connectivity index is 2.05. The molecule has 0 fully saturated rings. The van der Waals surface area contributed by atoms with Crippen LogP contribution in [0, 0.1) is 0 Å². The van der Waals surface area contributed by atoms with Gasteiger partial charge in [-0.25, -0.2) is 0 Å². The Morgan fingerprint density at radius 1 is 1.00 bits per heavy atom. The average Bonchev–Trinajstić information content (AvgIpc) is 3.00. The van der Waals surface area contributed by atoms with Crippen molar-refractivity contribution in [2.75, 3.05) is 0 Å². The predicted molar refractivity (Wildman–Crippen MR) is 96.3 cm³/mol. The Bertz CT molecular complexity index is 1010. The van der Waals surface area contributed by atoms with Crippen molar-refractivity contribution in [3.63, 3.8) is 0 Å². The van der Waals surface area contributed by atoms with E-state index in [1.807, 2.05) is 0 Å². The van der Waals surface area contributed by atoms with Crippen LogP contribution in [0.2, 0.25) is 10.0 Å². The second kappa shape index (κ2) is 7.18. The van der Waals surface area contributed by atoms with Crippen LogP contribution < -0.4 is 10.4 Å². The maximum Gasteiger partial charge on any atom is 0.278 e. The number of primary amides is 1. The highest BCUT2D eigenvalue weighted by atomic mass is 35.5. The van der Waals surface area contributed by atoms with Crippen molar-refractivity contribution in [2.45, 2.75) is 0 Å². The first-order valence-corrected chi connectivity index (χ1v) is 8.48. The van der Waals surface area contributed by atoms with Crippen molar-refractivity contribution in [3.8, 4) is 5.69 Å². The third-order valence-corrected chi connectivity index (χ3v) is 4.57. The summed E-state index contributed by atoms with van der Waals surface area (Å²) in [7, 11) is 0. The van der Waals surface area contributed by atoms with E-state index < -0.39 is 11.8 Å². The molecule has 0 radical (unpaired) electrons.